The summed E-state index contributed by atoms with van der Waals surface area (Å²) >= 11 is 0. The van der Waals surface area contributed by atoms with E-state index in [1.807, 2.05) is 12.1 Å². The van der Waals surface area contributed by atoms with Crippen molar-refractivity contribution in [2.24, 2.45) is 0 Å². The number of nitrogens with one attached hydrogen (secondary N) is 2. The summed E-state index contributed by atoms with van der Waals surface area (Å²) in [6, 6.07) is 20.1. The molecule has 3 N–H and O–H groups in total. The Kier molecular flexibility index (Phi) is 8.89. The summed E-state index contributed by atoms with van der Waals surface area (Å²) in [6.45, 7) is 0.243. The topological polar surface area (TPSA) is 96.9 Å². The molecule has 4 rings (SSSR count). The maximum absolute atomic E-state index is 13.0. The molecule has 0 aromatic heterocycles. The zero-order valence-electron chi connectivity index (χ0n) is 20.3. The van der Waals surface area contributed by atoms with Gasteiger partial charge in [0, 0.05) is 18.5 Å². The van der Waals surface area contributed by atoms with Crippen LogP contribution >= 0.6 is 0 Å². The van der Waals surface area contributed by atoms with Crippen LogP contribution < -0.4 is 20.1 Å². The number of halogens is 1. The molecule has 1 aliphatic rings. The predicted molar refractivity (Wildman–Crippen MR) is 138 cm³/mol. The molecule has 7 nitrogen and oxygen atoms in total. The van der Waals surface area contributed by atoms with E-state index in [2.05, 4.69) is 10.6 Å². The van der Waals surface area contributed by atoms with Crippen molar-refractivity contribution in [3.8, 4) is 11.5 Å². The van der Waals surface area contributed by atoms with E-state index in [-0.39, 0.29) is 30.8 Å². The lowest BCUT2D eigenvalue weighted by Gasteiger charge is -2.12. The number of aliphatic hydroxyl groups is 1. The largest absolute Gasteiger partial charge is 0.493 e. The molecule has 37 heavy (non-hydrogen) atoms. The molecule has 3 aromatic rings. The van der Waals surface area contributed by atoms with Gasteiger partial charge in [-0.1, -0.05) is 24.3 Å². The molecule has 8 heteroatoms. The number of hydrogen-bond acceptors (Lipinski definition) is 5. The van der Waals surface area contributed by atoms with Crippen LogP contribution in [0.2, 0.25) is 0 Å². The Hall–Kier alpha value is -4.17. The lowest BCUT2D eigenvalue weighted by Crippen LogP contribution is -2.36. The second-order valence-corrected chi connectivity index (χ2v) is 8.63. The van der Waals surface area contributed by atoms with Crippen molar-refractivity contribution in [3.05, 3.63) is 101 Å². The van der Waals surface area contributed by atoms with Gasteiger partial charge in [-0.3, -0.25) is 9.59 Å². The van der Waals surface area contributed by atoms with Gasteiger partial charge in [0.05, 0.1) is 19.3 Å². The normalized spacial score (nSPS) is 13.1. The minimum atomic E-state index is -0.513. The monoisotopic (exact) mass is 504 g/mol. The highest BCUT2D eigenvalue weighted by Gasteiger charge is 2.23. The van der Waals surface area contributed by atoms with Crippen LogP contribution in [-0.2, 0) is 11.2 Å². The highest BCUT2D eigenvalue weighted by molar-refractivity contribution is 6.05. The van der Waals surface area contributed by atoms with Crippen LogP contribution in [0.5, 0.6) is 11.5 Å². The van der Waals surface area contributed by atoms with Crippen LogP contribution in [0.3, 0.4) is 0 Å². The number of benzene rings is 3. The maximum Gasteiger partial charge on any atom is 0.267 e. The number of carbonyl (C=O) groups is 2. The summed E-state index contributed by atoms with van der Waals surface area (Å²) in [5.41, 5.74) is 2.07. The number of carbonyl (C=O) groups excluding carboxylic acids is 2. The molecular formula is C29H29FN2O5. The van der Waals surface area contributed by atoms with E-state index >= 15 is 0 Å². The van der Waals surface area contributed by atoms with Crippen molar-refractivity contribution >= 4 is 17.9 Å². The standard InChI is InChI=1S/C29H29FN2O5/c30-23-7-1-20(2-8-23)15-18-36-24-11-5-22(6-12-24)28(34)32-27(29(35)31-16-17-33)19-21-3-9-25(10-4-21)37-26-13-14-26/h1-12,19,26,33H,13-18H2,(H,31,35)(H,32,34)/b27-19+. The molecule has 0 atom stereocenters. The molecule has 0 aliphatic heterocycles. The maximum atomic E-state index is 13.0. The van der Waals surface area contributed by atoms with Crippen LogP contribution in [0.25, 0.3) is 6.08 Å². The summed E-state index contributed by atoms with van der Waals surface area (Å²) in [4.78, 5) is 25.5. The van der Waals surface area contributed by atoms with Gasteiger partial charge in [0.1, 0.15) is 23.0 Å². The predicted octanol–water partition coefficient (Wildman–Crippen LogP) is 3.87. The van der Waals surface area contributed by atoms with E-state index in [4.69, 9.17) is 14.6 Å². The smallest absolute Gasteiger partial charge is 0.267 e. The number of aliphatic hydroxyl groups excluding tert-OH is 1. The third kappa shape index (κ3) is 8.18. The number of rotatable bonds is 12. The lowest BCUT2D eigenvalue weighted by molar-refractivity contribution is -0.117. The van der Waals surface area contributed by atoms with Gasteiger partial charge in [0.25, 0.3) is 11.8 Å². The van der Waals surface area contributed by atoms with Crippen molar-refractivity contribution in [3.63, 3.8) is 0 Å². The number of ether oxygens (including phenoxy) is 2. The fraction of sp³-hybridized carbons (Fsp3) is 0.241. The van der Waals surface area contributed by atoms with Gasteiger partial charge in [-0.25, -0.2) is 4.39 Å². The van der Waals surface area contributed by atoms with Crippen LogP contribution in [-0.4, -0.2) is 42.8 Å². The SMILES string of the molecule is O=C(NCCO)/C(=C\c1ccc(OC2CC2)cc1)NC(=O)c1ccc(OCCc2ccc(F)cc2)cc1. The van der Waals surface area contributed by atoms with Crippen LogP contribution in [0.1, 0.15) is 34.3 Å². The second-order valence-electron chi connectivity index (χ2n) is 8.63. The van der Waals surface area contributed by atoms with Crippen molar-refractivity contribution in [1.82, 2.24) is 10.6 Å². The fourth-order valence-electron chi connectivity index (χ4n) is 3.45. The van der Waals surface area contributed by atoms with Crippen LogP contribution in [0.4, 0.5) is 4.39 Å². The van der Waals surface area contributed by atoms with E-state index in [9.17, 15) is 14.0 Å². The zero-order valence-corrected chi connectivity index (χ0v) is 20.3. The Labute approximate surface area is 214 Å². The van der Waals surface area contributed by atoms with Gasteiger partial charge < -0.3 is 25.2 Å². The summed E-state index contributed by atoms with van der Waals surface area (Å²) in [6.07, 6.45) is 4.59. The van der Waals surface area contributed by atoms with E-state index in [1.165, 1.54) is 12.1 Å². The third-order valence-electron chi connectivity index (χ3n) is 5.60. The summed E-state index contributed by atoms with van der Waals surface area (Å²) in [5, 5.41) is 14.3. The molecule has 1 aliphatic carbocycles. The first kappa shape index (κ1) is 25.9. The Morgan fingerprint density at radius 2 is 1.62 bits per heavy atom. The van der Waals surface area contributed by atoms with Crippen LogP contribution in [0, 0.1) is 5.82 Å². The summed E-state index contributed by atoms with van der Waals surface area (Å²) in [5.74, 6) is 0.0933. The first-order chi connectivity index (χ1) is 18.0. The molecule has 1 saturated carbocycles. The van der Waals surface area contributed by atoms with Gasteiger partial charge in [0.15, 0.2) is 0 Å². The first-order valence-corrected chi connectivity index (χ1v) is 12.2. The second kappa shape index (κ2) is 12.7. The Morgan fingerprint density at radius 1 is 0.946 bits per heavy atom. The van der Waals surface area contributed by atoms with Crippen LogP contribution in [0.15, 0.2) is 78.5 Å². The highest BCUT2D eigenvalue weighted by atomic mass is 19.1. The van der Waals surface area contributed by atoms with Crippen molar-refractivity contribution in [2.45, 2.75) is 25.4 Å². The third-order valence-corrected chi connectivity index (χ3v) is 5.60. The first-order valence-electron chi connectivity index (χ1n) is 12.2. The number of hydrogen-bond donors (Lipinski definition) is 3. The van der Waals surface area contributed by atoms with Gasteiger partial charge >= 0.3 is 0 Å². The van der Waals surface area contributed by atoms with Gasteiger partial charge in [-0.05, 0) is 78.6 Å². The van der Waals surface area contributed by atoms with E-state index < -0.39 is 11.8 Å². The van der Waals surface area contributed by atoms with E-state index in [1.54, 1.807) is 54.6 Å². The summed E-state index contributed by atoms with van der Waals surface area (Å²) in [7, 11) is 0. The number of amides is 2. The Bertz CT molecular complexity index is 1220. The Balaban J connectivity index is 1.37. The molecule has 192 valence electrons. The molecular weight excluding hydrogens is 475 g/mol. The van der Waals surface area contributed by atoms with Crippen molar-refractivity contribution in [1.29, 1.82) is 0 Å². The molecule has 0 unspecified atom stereocenters. The molecule has 0 radical (unpaired) electrons. The molecule has 0 saturated heterocycles. The molecule has 0 bridgehead atoms. The van der Waals surface area contributed by atoms with Gasteiger partial charge in [-0.15, -0.1) is 0 Å². The van der Waals surface area contributed by atoms with Gasteiger partial charge in [0.2, 0.25) is 0 Å². The lowest BCUT2D eigenvalue weighted by atomic mass is 10.1. The zero-order chi connectivity index (χ0) is 26.0. The average Bonchev–Trinajstić information content (AvgIpc) is 3.73. The van der Waals surface area contributed by atoms with E-state index in [0.29, 0.717) is 29.9 Å². The van der Waals surface area contributed by atoms with E-state index in [0.717, 1.165) is 24.2 Å². The minimum absolute atomic E-state index is 0.0499. The van der Waals surface area contributed by atoms with Crippen molar-refractivity contribution in [2.75, 3.05) is 19.8 Å². The quantitative estimate of drug-likeness (QED) is 0.326. The molecule has 1 fully saturated rings. The molecule has 2 amide bonds. The Morgan fingerprint density at radius 3 is 2.27 bits per heavy atom. The van der Waals surface area contributed by atoms with Crippen molar-refractivity contribution < 1.29 is 28.6 Å². The average molecular weight is 505 g/mol. The summed E-state index contributed by atoms with van der Waals surface area (Å²) < 4.78 is 24.5. The highest BCUT2D eigenvalue weighted by Crippen LogP contribution is 2.27. The fourth-order valence-corrected chi connectivity index (χ4v) is 3.45. The molecule has 3 aromatic carbocycles. The van der Waals surface area contributed by atoms with Gasteiger partial charge in [-0.2, -0.15) is 0 Å². The minimum Gasteiger partial charge on any atom is -0.493 e. The molecule has 0 spiro atoms. The molecule has 0 heterocycles.